The zero-order chi connectivity index (χ0) is 21.2. The van der Waals surface area contributed by atoms with Crippen LogP contribution in [-0.4, -0.2) is 25.0 Å². The molecule has 0 aromatic heterocycles. The first-order chi connectivity index (χ1) is 14.6. The molecular weight excluding hydrogens is 376 g/mol. The van der Waals surface area contributed by atoms with Crippen LogP contribution >= 0.6 is 0 Å². The summed E-state index contributed by atoms with van der Waals surface area (Å²) in [4.78, 5) is 23.4. The minimum absolute atomic E-state index is 0.0983. The number of hydrogen-bond donors (Lipinski definition) is 2. The van der Waals surface area contributed by atoms with Crippen molar-refractivity contribution in [1.82, 2.24) is 5.32 Å². The van der Waals surface area contributed by atoms with Crippen LogP contribution < -0.4 is 15.8 Å². The summed E-state index contributed by atoms with van der Waals surface area (Å²) in [7, 11) is 0. The van der Waals surface area contributed by atoms with E-state index in [1.165, 1.54) is 0 Å². The molecule has 0 saturated heterocycles. The van der Waals surface area contributed by atoms with Gasteiger partial charge in [-0.25, -0.2) is 0 Å². The van der Waals surface area contributed by atoms with Crippen molar-refractivity contribution >= 4 is 11.8 Å². The van der Waals surface area contributed by atoms with Gasteiger partial charge < -0.3 is 15.8 Å². The molecule has 3 aromatic rings. The maximum atomic E-state index is 12.1. The van der Waals surface area contributed by atoms with E-state index in [0.717, 1.165) is 16.7 Å². The third-order valence-electron chi connectivity index (χ3n) is 4.38. The number of primary amides is 1. The fourth-order valence-corrected chi connectivity index (χ4v) is 2.86. The highest BCUT2D eigenvalue weighted by Crippen LogP contribution is 2.19. The van der Waals surface area contributed by atoms with E-state index >= 15 is 0 Å². The highest BCUT2D eigenvalue weighted by atomic mass is 16.5. The van der Waals surface area contributed by atoms with Crippen LogP contribution in [0, 0.1) is 11.8 Å². The van der Waals surface area contributed by atoms with Crippen LogP contribution in [-0.2, 0) is 11.2 Å². The number of rotatable bonds is 7. The van der Waals surface area contributed by atoms with Crippen LogP contribution in [0.4, 0.5) is 0 Å². The molecule has 0 bridgehead atoms. The first kappa shape index (κ1) is 20.7. The van der Waals surface area contributed by atoms with Crippen molar-refractivity contribution in [2.45, 2.75) is 6.42 Å². The number of nitrogens with two attached hydrogens (primary N) is 1. The Kier molecular flexibility index (Phi) is 7.23. The number of benzene rings is 3. The van der Waals surface area contributed by atoms with Crippen molar-refractivity contribution in [3.8, 4) is 28.7 Å². The van der Waals surface area contributed by atoms with E-state index < -0.39 is 5.91 Å². The zero-order valence-corrected chi connectivity index (χ0v) is 16.4. The number of amides is 2. The Balaban J connectivity index is 1.42. The lowest BCUT2D eigenvalue weighted by Crippen LogP contribution is -2.25. The van der Waals surface area contributed by atoms with E-state index in [1.54, 1.807) is 24.3 Å². The Hall–Kier alpha value is -4.04. The summed E-state index contributed by atoms with van der Waals surface area (Å²) in [6, 6.07) is 24.7. The van der Waals surface area contributed by atoms with Crippen LogP contribution in [0.3, 0.4) is 0 Å². The van der Waals surface area contributed by atoms with Gasteiger partial charge in [-0.15, -0.1) is 0 Å². The Morgan fingerprint density at radius 2 is 1.50 bits per heavy atom. The van der Waals surface area contributed by atoms with Gasteiger partial charge >= 0.3 is 0 Å². The third kappa shape index (κ3) is 5.98. The lowest BCUT2D eigenvalue weighted by molar-refractivity contribution is -0.120. The molecule has 5 heteroatoms. The standard InChI is InChI=1S/C25H22N2O3/c26-25(29)22-10-4-5-11-23(22)30-17-7-6-16-27-24(28)18-19-12-14-21(15-13-19)20-8-2-1-3-9-20/h1-5,8-15H,16-18H2,(H2,26,29)(H,27,28). The number of hydrogen-bond acceptors (Lipinski definition) is 3. The monoisotopic (exact) mass is 398 g/mol. The molecule has 3 aromatic carbocycles. The van der Waals surface area contributed by atoms with Crippen molar-refractivity contribution in [3.63, 3.8) is 0 Å². The van der Waals surface area contributed by atoms with E-state index in [1.807, 2.05) is 42.5 Å². The fraction of sp³-hybridized carbons (Fsp3) is 0.120. The number of nitrogens with one attached hydrogen (secondary N) is 1. The average Bonchev–Trinajstić information content (AvgIpc) is 2.77. The lowest BCUT2D eigenvalue weighted by atomic mass is 10.0. The molecule has 3 N–H and O–H groups in total. The zero-order valence-electron chi connectivity index (χ0n) is 16.4. The molecule has 0 spiro atoms. The maximum Gasteiger partial charge on any atom is 0.252 e. The van der Waals surface area contributed by atoms with Crippen molar-refractivity contribution in [3.05, 3.63) is 90.0 Å². The molecule has 150 valence electrons. The normalized spacial score (nSPS) is 9.87. The molecule has 3 rings (SSSR count). The topological polar surface area (TPSA) is 81.4 Å². The minimum atomic E-state index is -0.553. The highest BCUT2D eigenvalue weighted by molar-refractivity contribution is 5.95. The number of carbonyl (C=O) groups is 2. The van der Waals surface area contributed by atoms with E-state index in [4.69, 9.17) is 10.5 Å². The smallest absolute Gasteiger partial charge is 0.252 e. The number of ether oxygens (including phenoxy) is 1. The number of carbonyl (C=O) groups excluding carboxylic acids is 2. The summed E-state index contributed by atoms with van der Waals surface area (Å²) in [5, 5.41) is 2.76. The molecule has 0 aliphatic heterocycles. The molecule has 2 amide bonds. The first-order valence-corrected chi connectivity index (χ1v) is 9.52. The summed E-state index contributed by atoms with van der Waals surface area (Å²) >= 11 is 0. The van der Waals surface area contributed by atoms with Gasteiger partial charge in [0.2, 0.25) is 5.91 Å². The maximum absolute atomic E-state index is 12.1. The predicted octanol–water partition coefficient (Wildman–Crippen LogP) is 3.19. The molecule has 0 unspecified atom stereocenters. The van der Waals surface area contributed by atoms with E-state index in [2.05, 4.69) is 29.3 Å². The second-order valence-electron chi connectivity index (χ2n) is 6.52. The summed E-state index contributed by atoms with van der Waals surface area (Å²) in [5.74, 6) is 5.37. The molecule has 30 heavy (non-hydrogen) atoms. The van der Waals surface area contributed by atoms with Gasteiger partial charge in [-0.1, -0.05) is 78.6 Å². The van der Waals surface area contributed by atoms with E-state index in [-0.39, 0.29) is 19.1 Å². The van der Waals surface area contributed by atoms with Gasteiger partial charge in [0.1, 0.15) is 12.4 Å². The van der Waals surface area contributed by atoms with Crippen LogP contribution in [0.5, 0.6) is 5.75 Å². The molecule has 0 saturated carbocycles. The molecule has 0 heterocycles. The molecular formula is C25H22N2O3. The number of para-hydroxylation sites is 1. The van der Waals surface area contributed by atoms with Crippen molar-refractivity contribution in [2.75, 3.05) is 13.2 Å². The van der Waals surface area contributed by atoms with Crippen LogP contribution in [0.2, 0.25) is 0 Å². The predicted molar refractivity (Wildman–Crippen MR) is 117 cm³/mol. The summed E-state index contributed by atoms with van der Waals surface area (Å²) in [6.45, 7) is 0.322. The van der Waals surface area contributed by atoms with Crippen LogP contribution in [0.25, 0.3) is 11.1 Å². The van der Waals surface area contributed by atoms with Gasteiger partial charge in [0.15, 0.2) is 0 Å². The second kappa shape index (κ2) is 10.5. The Bertz CT molecular complexity index is 1060. The van der Waals surface area contributed by atoms with Gasteiger partial charge in [-0.05, 0) is 28.8 Å². The molecule has 0 aliphatic carbocycles. The van der Waals surface area contributed by atoms with Gasteiger partial charge in [0.05, 0.1) is 18.5 Å². The van der Waals surface area contributed by atoms with Crippen LogP contribution in [0.15, 0.2) is 78.9 Å². The first-order valence-electron chi connectivity index (χ1n) is 9.52. The van der Waals surface area contributed by atoms with Gasteiger partial charge in [-0.2, -0.15) is 0 Å². The fourth-order valence-electron chi connectivity index (χ4n) is 2.86. The Morgan fingerprint density at radius 3 is 2.23 bits per heavy atom. The molecule has 0 fully saturated rings. The highest BCUT2D eigenvalue weighted by Gasteiger charge is 2.07. The van der Waals surface area contributed by atoms with Crippen molar-refractivity contribution in [2.24, 2.45) is 5.73 Å². The molecule has 0 aliphatic rings. The summed E-state index contributed by atoms with van der Waals surface area (Å²) in [6.07, 6.45) is 0.291. The van der Waals surface area contributed by atoms with Crippen LogP contribution in [0.1, 0.15) is 15.9 Å². The molecule has 0 atom stereocenters. The quantitative estimate of drug-likeness (QED) is 0.600. The minimum Gasteiger partial charge on any atom is -0.480 e. The van der Waals surface area contributed by atoms with Gasteiger partial charge in [0.25, 0.3) is 5.91 Å². The van der Waals surface area contributed by atoms with Gasteiger partial charge in [-0.3, -0.25) is 9.59 Å². The SMILES string of the molecule is NC(=O)c1ccccc1OCC#CCNC(=O)Cc1ccc(-c2ccccc2)cc1. The molecule has 5 nitrogen and oxygen atoms in total. The van der Waals surface area contributed by atoms with E-state index in [0.29, 0.717) is 17.7 Å². The summed E-state index contributed by atoms with van der Waals surface area (Å²) < 4.78 is 5.46. The average molecular weight is 398 g/mol. The summed E-state index contributed by atoms with van der Waals surface area (Å²) in [5.41, 5.74) is 8.80. The third-order valence-corrected chi connectivity index (χ3v) is 4.38. The molecule has 0 radical (unpaired) electrons. The van der Waals surface area contributed by atoms with Gasteiger partial charge in [0, 0.05) is 0 Å². The van der Waals surface area contributed by atoms with Crippen molar-refractivity contribution in [1.29, 1.82) is 0 Å². The van der Waals surface area contributed by atoms with E-state index in [9.17, 15) is 9.59 Å². The Labute approximate surface area is 175 Å². The van der Waals surface area contributed by atoms with Crippen molar-refractivity contribution < 1.29 is 14.3 Å². The second-order valence-corrected chi connectivity index (χ2v) is 6.52. The largest absolute Gasteiger partial charge is 0.480 e. The Morgan fingerprint density at radius 1 is 0.833 bits per heavy atom. The lowest BCUT2D eigenvalue weighted by Gasteiger charge is -2.06.